The van der Waals surface area contributed by atoms with Crippen LogP contribution in [0.5, 0.6) is 11.5 Å². The number of carbonyl (C=O) groups is 1. The van der Waals surface area contributed by atoms with Crippen LogP contribution in [0.1, 0.15) is 99.2 Å². The number of methoxy groups -OCH3 is 2. The average molecular weight is 1120 g/mol. The van der Waals surface area contributed by atoms with Gasteiger partial charge in [-0.25, -0.2) is 19.3 Å². The molecule has 7 atom stereocenters. The first kappa shape index (κ1) is 59.1. The summed E-state index contributed by atoms with van der Waals surface area (Å²) in [5.74, 6) is 0.183. The minimum absolute atomic E-state index is 0.0169. The number of rotatable bonds is 25. The minimum Gasteiger partial charge on any atom is -0.497 e. The van der Waals surface area contributed by atoms with Crippen molar-refractivity contribution in [1.82, 2.24) is 28.8 Å². The van der Waals surface area contributed by atoms with Crippen molar-refractivity contribution in [2.75, 3.05) is 34.0 Å². The van der Waals surface area contributed by atoms with E-state index < -0.39 is 79.2 Å². The third-order valence-electron chi connectivity index (χ3n) is 14.3. The second-order valence-corrected chi connectivity index (χ2v) is 21.8. The first-order valence-electron chi connectivity index (χ1n) is 26.7. The van der Waals surface area contributed by atoms with Gasteiger partial charge in [-0.2, -0.15) is 5.26 Å². The molecule has 2 aliphatic rings. The molecule has 20 nitrogen and oxygen atoms in total. The van der Waals surface area contributed by atoms with Gasteiger partial charge in [0.2, 0.25) is 5.91 Å². The van der Waals surface area contributed by atoms with E-state index in [-0.39, 0.29) is 75.3 Å². The Morgan fingerprint density at radius 2 is 1.25 bits per heavy atom. The molecule has 0 saturated carbocycles. The SMILES string of the molecule is COc1ccc(C(OC[C@H]2O[C@@H](n3cc(C)c(=O)[nH]c3=O)C[C@@H]2CC(=O)N(C[C@H]2O[C@@H](n3cc(C)c(=O)[nH]c3=O)C[C@@H]2OP(OCCC#N)N(C(C)C)C(C)C)OCc2ccccc2)(c2ccccc2)c2ccc(OC)cc2)cc1. The van der Waals surface area contributed by atoms with E-state index in [9.17, 15) is 24.4 Å². The lowest BCUT2D eigenvalue weighted by molar-refractivity contribution is -0.204. The molecule has 0 aliphatic carbocycles. The van der Waals surface area contributed by atoms with Gasteiger partial charge in [-0.1, -0.05) is 84.9 Å². The second-order valence-electron chi connectivity index (χ2n) is 20.4. The molecule has 2 aliphatic heterocycles. The van der Waals surface area contributed by atoms with Gasteiger partial charge in [0, 0.05) is 54.4 Å². The van der Waals surface area contributed by atoms with Gasteiger partial charge in [-0.15, -0.1) is 0 Å². The topological polar surface area (TPSA) is 231 Å². The fourth-order valence-corrected chi connectivity index (χ4v) is 12.0. The lowest BCUT2D eigenvalue weighted by Gasteiger charge is -2.38. The van der Waals surface area contributed by atoms with E-state index in [1.807, 2.05) is 137 Å². The summed E-state index contributed by atoms with van der Waals surface area (Å²) in [5, 5.41) is 10.7. The Kier molecular flexibility index (Phi) is 19.9. The van der Waals surface area contributed by atoms with E-state index in [4.69, 9.17) is 37.6 Å². The molecule has 80 heavy (non-hydrogen) atoms. The third kappa shape index (κ3) is 13.7. The Hall–Kier alpha value is -7.05. The van der Waals surface area contributed by atoms with Crippen LogP contribution in [-0.4, -0.2) is 99.1 Å². The third-order valence-corrected chi connectivity index (χ3v) is 16.4. The zero-order valence-corrected chi connectivity index (χ0v) is 47.2. The van der Waals surface area contributed by atoms with Crippen LogP contribution in [0.15, 0.2) is 141 Å². The van der Waals surface area contributed by atoms with E-state index in [1.54, 1.807) is 28.1 Å². The fourth-order valence-electron chi connectivity index (χ4n) is 10.2. The van der Waals surface area contributed by atoms with Gasteiger partial charge in [-0.05, 0) is 94.5 Å². The number of amides is 1. The number of ether oxygens (including phenoxy) is 5. The molecule has 2 N–H and O–H groups in total. The lowest BCUT2D eigenvalue weighted by Crippen LogP contribution is -2.43. The highest BCUT2D eigenvalue weighted by Gasteiger charge is 2.46. The van der Waals surface area contributed by atoms with Crippen molar-refractivity contribution in [3.63, 3.8) is 0 Å². The molecule has 2 fully saturated rings. The van der Waals surface area contributed by atoms with Crippen LogP contribution in [0.3, 0.4) is 0 Å². The number of carbonyl (C=O) groups excluding carboxylic acids is 1. The molecular weight excluding hydrogens is 1050 g/mol. The van der Waals surface area contributed by atoms with Crippen molar-refractivity contribution in [3.8, 4) is 17.6 Å². The van der Waals surface area contributed by atoms with Gasteiger partial charge in [0.1, 0.15) is 42.3 Å². The number of hydrogen-bond acceptors (Lipinski definition) is 15. The van der Waals surface area contributed by atoms with Crippen molar-refractivity contribution in [2.45, 2.75) is 122 Å². The molecule has 2 aromatic heterocycles. The predicted molar refractivity (Wildman–Crippen MR) is 299 cm³/mol. The van der Waals surface area contributed by atoms with Crippen LogP contribution < -0.4 is 32.0 Å². The highest BCUT2D eigenvalue weighted by Crippen LogP contribution is 2.50. The number of hydrogen-bond donors (Lipinski definition) is 2. The molecule has 4 aromatic carbocycles. The van der Waals surface area contributed by atoms with Crippen LogP contribution in [0.25, 0.3) is 0 Å². The summed E-state index contributed by atoms with van der Waals surface area (Å²) in [4.78, 5) is 79.0. The van der Waals surface area contributed by atoms with E-state index >= 15 is 4.79 Å². The molecule has 6 aromatic rings. The second kappa shape index (κ2) is 26.9. The number of H-pyrrole nitrogens is 2. The highest BCUT2D eigenvalue weighted by molar-refractivity contribution is 7.44. The summed E-state index contributed by atoms with van der Waals surface area (Å²) in [6, 6.07) is 36.3. The Morgan fingerprint density at radius 1 is 0.738 bits per heavy atom. The van der Waals surface area contributed by atoms with Crippen molar-refractivity contribution < 1.29 is 42.4 Å². The standard InChI is InChI=1S/C59H70N7O13P/c1-38(2)66(39(3)4)80(76-29-15-28-60)79-49-32-54(64-34-41(6)56(69)62-58(64)71)77-50(49)35-65(75-36-42-16-11-9-12-17-42)52(67)30-43-31-53(63-33-40(5)55(68)61-57(63)70)78-51(43)37-74-59(44-18-13-10-14-19-44,45-20-24-47(72-7)25-21-45)46-22-26-48(73-8)27-23-46/h9-14,16-27,33-34,38-39,43,49-51,53-54H,15,29-32,35-37H2,1-8H3,(H,61,68,70)(H,62,69,71)/t43-,49-,50+,51+,53+,54+,80?/m0/s1. The Bertz CT molecular complexity index is 3240. The molecule has 424 valence electrons. The van der Waals surface area contributed by atoms with E-state index in [0.717, 1.165) is 22.3 Å². The number of nitrogens with one attached hydrogen (secondary N) is 2. The first-order chi connectivity index (χ1) is 38.5. The summed E-state index contributed by atoms with van der Waals surface area (Å²) in [5.41, 5.74) is -0.0399. The number of aromatic nitrogens is 4. The number of nitrogens with zero attached hydrogens (tertiary/aromatic N) is 5. The van der Waals surface area contributed by atoms with Crippen molar-refractivity contribution in [1.29, 1.82) is 5.26 Å². The Labute approximate surface area is 465 Å². The van der Waals surface area contributed by atoms with Gasteiger partial charge in [0.05, 0.1) is 58.7 Å². The Morgan fingerprint density at radius 3 is 1.77 bits per heavy atom. The largest absolute Gasteiger partial charge is 0.497 e. The van der Waals surface area contributed by atoms with Gasteiger partial charge < -0.3 is 32.7 Å². The Balaban J connectivity index is 1.18. The quantitative estimate of drug-likeness (QED) is 0.0240. The summed E-state index contributed by atoms with van der Waals surface area (Å²) < 4.78 is 50.0. The van der Waals surface area contributed by atoms with E-state index in [1.165, 1.54) is 26.6 Å². The molecule has 0 radical (unpaired) electrons. The summed E-state index contributed by atoms with van der Waals surface area (Å²) in [7, 11) is 1.35. The molecule has 0 bridgehead atoms. The van der Waals surface area contributed by atoms with Crippen LogP contribution in [0.2, 0.25) is 0 Å². The molecular formula is C59H70N7O13P. The summed E-state index contributed by atoms with van der Waals surface area (Å²) in [6.45, 7) is 11.0. The molecule has 1 amide bonds. The first-order valence-corrected chi connectivity index (χ1v) is 27.8. The fraction of sp³-hybridized carbons (Fsp3) is 0.424. The molecule has 2 saturated heterocycles. The normalized spacial score (nSPS) is 19.6. The molecule has 8 rings (SSSR count). The summed E-state index contributed by atoms with van der Waals surface area (Å²) >= 11 is 0. The zero-order chi connectivity index (χ0) is 57.1. The van der Waals surface area contributed by atoms with Crippen molar-refractivity contribution in [3.05, 3.63) is 197 Å². The van der Waals surface area contributed by atoms with Gasteiger partial charge in [0.15, 0.2) is 0 Å². The van der Waals surface area contributed by atoms with Crippen molar-refractivity contribution >= 4 is 14.4 Å². The summed E-state index contributed by atoms with van der Waals surface area (Å²) in [6.07, 6.45) is -1.41. The molecule has 21 heteroatoms. The van der Waals surface area contributed by atoms with Crippen LogP contribution in [0.4, 0.5) is 0 Å². The van der Waals surface area contributed by atoms with E-state index in [2.05, 4.69) is 20.7 Å². The maximum absolute atomic E-state index is 15.4. The molecule has 1 unspecified atom stereocenters. The monoisotopic (exact) mass is 1120 g/mol. The zero-order valence-electron chi connectivity index (χ0n) is 46.3. The van der Waals surface area contributed by atoms with Crippen molar-refractivity contribution in [2.24, 2.45) is 5.92 Å². The number of nitriles is 1. The number of aryl methyl sites for hydroxylation is 2. The number of hydroxylamine groups is 2. The number of benzene rings is 4. The predicted octanol–water partition coefficient (Wildman–Crippen LogP) is 7.93. The highest BCUT2D eigenvalue weighted by atomic mass is 31.2. The maximum atomic E-state index is 15.4. The minimum atomic E-state index is -1.85. The van der Waals surface area contributed by atoms with Gasteiger partial charge in [-0.3, -0.25) is 38.3 Å². The van der Waals surface area contributed by atoms with Crippen LogP contribution in [-0.2, 0) is 45.1 Å². The molecule has 4 heterocycles. The molecule has 0 spiro atoms. The average Bonchev–Trinajstić information content (AvgIpc) is 4.16. The number of aromatic amines is 2. The smallest absolute Gasteiger partial charge is 0.330 e. The van der Waals surface area contributed by atoms with Crippen LogP contribution >= 0.6 is 8.53 Å². The van der Waals surface area contributed by atoms with E-state index in [0.29, 0.717) is 11.5 Å². The van der Waals surface area contributed by atoms with Gasteiger partial charge in [0.25, 0.3) is 19.6 Å². The lowest BCUT2D eigenvalue weighted by atomic mass is 9.80. The van der Waals surface area contributed by atoms with Crippen LogP contribution in [0, 0.1) is 31.1 Å². The maximum Gasteiger partial charge on any atom is 0.330 e. The van der Waals surface area contributed by atoms with Gasteiger partial charge >= 0.3 is 11.4 Å².